The van der Waals surface area contributed by atoms with E-state index in [9.17, 15) is 8.42 Å². The summed E-state index contributed by atoms with van der Waals surface area (Å²) in [5, 5.41) is 0. The van der Waals surface area contributed by atoms with E-state index in [4.69, 9.17) is 10.5 Å². The lowest BCUT2D eigenvalue weighted by atomic mass is 10.3. The minimum absolute atomic E-state index is 0.0815. The van der Waals surface area contributed by atoms with Crippen LogP contribution in [0.15, 0.2) is 21.5 Å². The summed E-state index contributed by atoms with van der Waals surface area (Å²) < 4.78 is 32.3. The molecule has 0 bridgehead atoms. The van der Waals surface area contributed by atoms with Crippen molar-refractivity contribution in [3.8, 4) is 5.75 Å². The molecule has 0 heterocycles. The molecular formula is C13H22BrN3O3S. The highest BCUT2D eigenvalue weighted by molar-refractivity contribution is 9.10. The van der Waals surface area contributed by atoms with E-state index in [2.05, 4.69) is 15.9 Å². The second-order valence-electron chi connectivity index (χ2n) is 5.01. The van der Waals surface area contributed by atoms with Gasteiger partial charge in [-0.15, -0.1) is 0 Å². The first-order valence-corrected chi connectivity index (χ1v) is 8.67. The van der Waals surface area contributed by atoms with Crippen LogP contribution < -0.4 is 10.5 Å². The Morgan fingerprint density at radius 3 is 2.38 bits per heavy atom. The van der Waals surface area contributed by atoms with Gasteiger partial charge in [-0.3, -0.25) is 0 Å². The van der Waals surface area contributed by atoms with Crippen LogP contribution in [0.3, 0.4) is 0 Å². The number of sulfonamides is 1. The van der Waals surface area contributed by atoms with Gasteiger partial charge < -0.3 is 15.4 Å². The van der Waals surface area contributed by atoms with Gasteiger partial charge >= 0.3 is 0 Å². The van der Waals surface area contributed by atoms with Crippen molar-refractivity contribution >= 4 is 31.6 Å². The van der Waals surface area contributed by atoms with E-state index in [1.54, 1.807) is 13.1 Å². The predicted octanol–water partition coefficient (Wildman–Crippen LogP) is 1.61. The molecule has 120 valence electrons. The van der Waals surface area contributed by atoms with Crippen molar-refractivity contribution in [3.05, 3.63) is 16.6 Å². The van der Waals surface area contributed by atoms with E-state index < -0.39 is 10.0 Å². The largest absolute Gasteiger partial charge is 0.495 e. The van der Waals surface area contributed by atoms with E-state index in [1.165, 1.54) is 17.5 Å². The average Bonchev–Trinajstić information content (AvgIpc) is 2.40. The molecular weight excluding hydrogens is 358 g/mol. The molecule has 0 aliphatic heterocycles. The van der Waals surface area contributed by atoms with Crippen molar-refractivity contribution in [1.82, 2.24) is 9.21 Å². The van der Waals surface area contributed by atoms with Gasteiger partial charge in [0.2, 0.25) is 10.0 Å². The van der Waals surface area contributed by atoms with Gasteiger partial charge in [0.05, 0.1) is 7.11 Å². The summed E-state index contributed by atoms with van der Waals surface area (Å²) in [6.07, 6.45) is 0.747. The topological polar surface area (TPSA) is 75.9 Å². The molecule has 0 spiro atoms. The average molecular weight is 380 g/mol. The lowest BCUT2D eigenvalue weighted by Gasteiger charge is -2.20. The van der Waals surface area contributed by atoms with Crippen LogP contribution in [0.5, 0.6) is 5.75 Å². The quantitative estimate of drug-likeness (QED) is 0.728. The van der Waals surface area contributed by atoms with E-state index in [-0.39, 0.29) is 10.6 Å². The molecule has 0 fully saturated rings. The Labute approximate surface area is 135 Å². The molecule has 0 aliphatic carbocycles. The van der Waals surface area contributed by atoms with Crippen molar-refractivity contribution < 1.29 is 13.2 Å². The standard InChI is InChI=1S/C13H22BrN3O3S/c1-16(2)6-5-7-17(3)21(18,19)13-9-11(15)10(14)8-12(13)20-4/h8-9H,5-7,15H2,1-4H3. The molecule has 2 N–H and O–H groups in total. The summed E-state index contributed by atoms with van der Waals surface area (Å²) in [7, 11) is 3.26. The van der Waals surface area contributed by atoms with Gasteiger partial charge in [-0.25, -0.2) is 12.7 Å². The second kappa shape index (κ2) is 7.44. The normalized spacial score (nSPS) is 12.1. The maximum atomic E-state index is 12.6. The summed E-state index contributed by atoms with van der Waals surface area (Å²) in [4.78, 5) is 2.09. The van der Waals surface area contributed by atoms with Crippen LogP contribution in [-0.2, 0) is 10.0 Å². The SMILES string of the molecule is COc1cc(Br)c(N)cc1S(=O)(=O)N(C)CCCN(C)C. The number of benzene rings is 1. The number of halogens is 1. The Hall–Kier alpha value is -0.830. The van der Waals surface area contributed by atoms with Gasteiger partial charge in [0.1, 0.15) is 10.6 Å². The Kier molecular flexibility index (Phi) is 6.45. The van der Waals surface area contributed by atoms with Crippen LogP contribution in [0, 0.1) is 0 Å². The molecule has 0 saturated heterocycles. The number of methoxy groups -OCH3 is 1. The second-order valence-corrected chi connectivity index (χ2v) is 7.88. The zero-order chi connectivity index (χ0) is 16.2. The Morgan fingerprint density at radius 2 is 1.86 bits per heavy atom. The van der Waals surface area contributed by atoms with E-state index in [1.807, 2.05) is 19.0 Å². The van der Waals surface area contributed by atoms with Gasteiger partial charge in [-0.1, -0.05) is 0 Å². The Balaban J connectivity index is 3.04. The summed E-state index contributed by atoms with van der Waals surface area (Å²) in [5.41, 5.74) is 6.15. The third-order valence-electron chi connectivity index (χ3n) is 3.05. The molecule has 0 unspecified atom stereocenters. The third-order valence-corrected chi connectivity index (χ3v) is 5.61. The first-order valence-electron chi connectivity index (χ1n) is 6.44. The van der Waals surface area contributed by atoms with Gasteiger partial charge in [0.25, 0.3) is 0 Å². The fourth-order valence-corrected chi connectivity index (χ4v) is 3.51. The molecule has 0 aromatic heterocycles. The number of nitrogens with zero attached hydrogens (tertiary/aromatic N) is 2. The predicted molar refractivity (Wildman–Crippen MR) is 88.1 cm³/mol. The summed E-state index contributed by atoms with van der Waals surface area (Å²) in [5.74, 6) is 0.274. The molecule has 1 aromatic carbocycles. The van der Waals surface area contributed by atoms with Crippen molar-refractivity contribution in [2.24, 2.45) is 0 Å². The lowest BCUT2D eigenvalue weighted by Crippen LogP contribution is -2.30. The summed E-state index contributed by atoms with van der Waals surface area (Å²) in [6, 6.07) is 2.98. The van der Waals surface area contributed by atoms with Crippen molar-refractivity contribution in [2.75, 3.05) is 47.1 Å². The zero-order valence-corrected chi connectivity index (χ0v) is 15.2. The van der Waals surface area contributed by atoms with Gasteiger partial charge in [0, 0.05) is 23.8 Å². The highest BCUT2D eigenvalue weighted by atomic mass is 79.9. The van der Waals surface area contributed by atoms with Crippen molar-refractivity contribution in [3.63, 3.8) is 0 Å². The first kappa shape index (κ1) is 18.2. The number of hydrogen-bond donors (Lipinski definition) is 1. The Morgan fingerprint density at radius 1 is 1.24 bits per heavy atom. The number of nitrogen functional groups attached to an aromatic ring is 1. The smallest absolute Gasteiger partial charge is 0.246 e. The fourth-order valence-electron chi connectivity index (χ4n) is 1.81. The third kappa shape index (κ3) is 4.57. The maximum Gasteiger partial charge on any atom is 0.246 e. The summed E-state index contributed by atoms with van der Waals surface area (Å²) in [6.45, 7) is 1.25. The maximum absolute atomic E-state index is 12.6. The zero-order valence-electron chi connectivity index (χ0n) is 12.8. The molecule has 1 rings (SSSR count). The highest BCUT2D eigenvalue weighted by Gasteiger charge is 2.25. The molecule has 21 heavy (non-hydrogen) atoms. The molecule has 0 saturated carbocycles. The Bertz CT molecular complexity index is 591. The number of rotatable bonds is 7. The molecule has 1 aromatic rings. The van der Waals surface area contributed by atoms with Gasteiger partial charge in [0.15, 0.2) is 0 Å². The molecule has 0 aliphatic rings. The van der Waals surface area contributed by atoms with Crippen LogP contribution in [0.1, 0.15) is 6.42 Å². The van der Waals surface area contributed by atoms with Crippen LogP contribution in [0.25, 0.3) is 0 Å². The minimum Gasteiger partial charge on any atom is -0.495 e. The van der Waals surface area contributed by atoms with Crippen LogP contribution in [0.4, 0.5) is 5.69 Å². The highest BCUT2D eigenvalue weighted by Crippen LogP contribution is 2.33. The van der Waals surface area contributed by atoms with Gasteiger partial charge in [-0.05, 0) is 55.1 Å². The molecule has 6 nitrogen and oxygen atoms in total. The van der Waals surface area contributed by atoms with E-state index in [0.29, 0.717) is 16.7 Å². The molecule has 0 atom stereocenters. The fraction of sp³-hybridized carbons (Fsp3) is 0.538. The lowest BCUT2D eigenvalue weighted by molar-refractivity contribution is 0.367. The molecule has 0 radical (unpaired) electrons. The van der Waals surface area contributed by atoms with Crippen LogP contribution >= 0.6 is 15.9 Å². The number of nitrogens with two attached hydrogens (primary N) is 1. The van der Waals surface area contributed by atoms with Crippen LogP contribution in [-0.4, -0.2) is 59.0 Å². The van der Waals surface area contributed by atoms with Crippen LogP contribution in [0.2, 0.25) is 0 Å². The van der Waals surface area contributed by atoms with E-state index >= 15 is 0 Å². The monoisotopic (exact) mass is 379 g/mol. The first-order chi connectivity index (χ1) is 9.70. The minimum atomic E-state index is -3.63. The van der Waals surface area contributed by atoms with Crippen molar-refractivity contribution in [2.45, 2.75) is 11.3 Å². The molecule has 0 amide bonds. The number of hydrogen-bond acceptors (Lipinski definition) is 5. The van der Waals surface area contributed by atoms with Crippen molar-refractivity contribution in [1.29, 1.82) is 0 Å². The number of anilines is 1. The van der Waals surface area contributed by atoms with Gasteiger partial charge in [-0.2, -0.15) is 0 Å². The summed E-state index contributed by atoms with van der Waals surface area (Å²) >= 11 is 3.26. The van der Waals surface area contributed by atoms with E-state index in [0.717, 1.165) is 13.0 Å². The number of ether oxygens (including phenoxy) is 1. The molecule has 8 heteroatoms.